The number of hydrogen-bond donors (Lipinski definition) is 1. The SMILES string of the molecule is Cc1ccc(NC(=O)CSc2nnc(-c3cccnc3)n2C)c([N+](=O)[O-])c1. The molecule has 0 saturated carbocycles. The number of hydrogen-bond acceptors (Lipinski definition) is 7. The molecule has 0 unspecified atom stereocenters. The van der Waals surface area contributed by atoms with E-state index in [1.54, 1.807) is 43.1 Å². The van der Waals surface area contributed by atoms with Gasteiger partial charge in [0.05, 0.1) is 10.7 Å². The van der Waals surface area contributed by atoms with E-state index in [4.69, 9.17) is 0 Å². The number of pyridine rings is 1. The van der Waals surface area contributed by atoms with E-state index in [9.17, 15) is 14.9 Å². The van der Waals surface area contributed by atoms with Gasteiger partial charge >= 0.3 is 0 Å². The van der Waals surface area contributed by atoms with Gasteiger partial charge in [-0.2, -0.15) is 0 Å². The summed E-state index contributed by atoms with van der Waals surface area (Å²) in [7, 11) is 1.80. The molecule has 2 heterocycles. The van der Waals surface area contributed by atoms with Crippen LogP contribution in [0.3, 0.4) is 0 Å². The van der Waals surface area contributed by atoms with E-state index in [-0.39, 0.29) is 23.0 Å². The topological polar surface area (TPSA) is 116 Å². The number of thioether (sulfide) groups is 1. The Morgan fingerprint density at radius 3 is 2.85 bits per heavy atom. The van der Waals surface area contributed by atoms with Gasteiger partial charge in [-0.15, -0.1) is 10.2 Å². The fourth-order valence-electron chi connectivity index (χ4n) is 2.40. The maximum atomic E-state index is 12.2. The summed E-state index contributed by atoms with van der Waals surface area (Å²) in [5, 5.41) is 22.5. The standard InChI is InChI=1S/C17H16N6O3S/c1-11-5-6-13(14(8-11)23(25)26)19-15(24)10-27-17-21-20-16(22(17)2)12-4-3-7-18-9-12/h3-9H,10H2,1-2H3,(H,19,24). The van der Waals surface area contributed by atoms with Gasteiger partial charge in [0.15, 0.2) is 11.0 Å². The second kappa shape index (κ2) is 7.96. The zero-order chi connectivity index (χ0) is 19.4. The number of nitrogens with one attached hydrogen (secondary N) is 1. The van der Waals surface area contributed by atoms with E-state index in [1.165, 1.54) is 23.9 Å². The minimum Gasteiger partial charge on any atom is -0.320 e. The Morgan fingerprint density at radius 2 is 2.15 bits per heavy atom. The van der Waals surface area contributed by atoms with E-state index in [0.717, 1.165) is 11.1 Å². The number of carbonyl (C=O) groups is 1. The van der Waals surface area contributed by atoms with Crippen molar-refractivity contribution in [2.24, 2.45) is 7.05 Å². The van der Waals surface area contributed by atoms with Crippen LogP contribution < -0.4 is 5.32 Å². The summed E-state index contributed by atoms with van der Waals surface area (Å²) in [6.07, 6.45) is 3.35. The first kappa shape index (κ1) is 18.5. The minimum absolute atomic E-state index is 0.0457. The maximum absolute atomic E-state index is 12.2. The quantitative estimate of drug-likeness (QED) is 0.394. The molecule has 10 heteroatoms. The van der Waals surface area contributed by atoms with Crippen molar-refractivity contribution in [2.45, 2.75) is 12.1 Å². The number of nitro benzene ring substituents is 1. The third-order valence-electron chi connectivity index (χ3n) is 3.71. The molecule has 0 spiro atoms. The summed E-state index contributed by atoms with van der Waals surface area (Å²) >= 11 is 1.19. The smallest absolute Gasteiger partial charge is 0.293 e. The van der Waals surface area contributed by atoms with Gasteiger partial charge in [0, 0.05) is 31.1 Å². The normalized spacial score (nSPS) is 10.6. The molecule has 138 valence electrons. The molecule has 27 heavy (non-hydrogen) atoms. The highest BCUT2D eigenvalue weighted by Crippen LogP contribution is 2.26. The van der Waals surface area contributed by atoms with Gasteiger partial charge < -0.3 is 9.88 Å². The molecule has 3 rings (SSSR count). The van der Waals surface area contributed by atoms with Gasteiger partial charge in [0.25, 0.3) is 5.69 Å². The number of aryl methyl sites for hydroxylation is 1. The van der Waals surface area contributed by atoms with Gasteiger partial charge in [0.2, 0.25) is 5.91 Å². The first-order valence-electron chi connectivity index (χ1n) is 7.93. The first-order chi connectivity index (χ1) is 13.0. The second-order valence-electron chi connectivity index (χ2n) is 5.72. The van der Waals surface area contributed by atoms with Crippen molar-refractivity contribution in [2.75, 3.05) is 11.1 Å². The zero-order valence-electron chi connectivity index (χ0n) is 14.6. The third kappa shape index (κ3) is 4.29. The largest absolute Gasteiger partial charge is 0.320 e. The number of amides is 1. The molecular weight excluding hydrogens is 368 g/mol. The Morgan fingerprint density at radius 1 is 1.33 bits per heavy atom. The Bertz CT molecular complexity index is 990. The number of carbonyl (C=O) groups excluding carboxylic acids is 1. The van der Waals surface area contributed by atoms with Crippen LogP contribution in [0.5, 0.6) is 0 Å². The van der Waals surface area contributed by atoms with Crippen LogP contribution in [0.2, 0.25) is 0 Å². The summed E-state index contributed by atoms with van der Waals surface area (Å²) in [4.78, 5) is 26.9. The lowest BCUT2D eigenvalue weighted by molar-refractivity contribution is -0.384. The Hall–Kier alpha value is -3.27. The van der Waals surface area contributed by atoms with E-state index in [2.05, 4.69) is 20.5 Å². The van der Waals surface area contributed by atoms with Gasteiger partial charge in [0.1, 0.15) is 5.69 Å². The number of anilines is 1. The summed E-state index contributed by atoms with van der Waals surface area (Å²) in [6.45, 7) is 1.75. The number of nitro groups is 1. The van der Waals surface area contributed by atoms with Crippen molar-refractivity contribution in [1.29, 1.82) is 0 Å². The summed E-state index contributed by atoms with van der Waals surface area (Å²) in [5.41, 5.74) is 1.60. The minimum atomic E-state index is -0.515. The molecule has 0 fully saturated rings. The molecule has 0 aliphatic carbocycles. The van der Waals surface area contributed by atoms with Crippen LogP contribution in [0.1, 0.15) is 5.56 Å². The summed E-state index contributed by atoms with van der Waals surface area (Å²) in [6, 6.07) is 8.33. The Balaban J connectivity index is 1.67. The molecule has 1 N–H and O–H groups in total. The van der Waals surface area contributed by atoms with Gasteiger partial charge in [-0.1, -0.05) is 17.8 Å². The fourth-order valence-corrected chi connectivity index (χ4v) is 3.11. The lowest BCUT2D eigenvalue weighted by atomic mass is 10.2. The van der Waals surface area contributed by atoms with Crippen LogP contribution in [-0.4, -0.2) is 36.3 Å². The number of benzene rings is 1. The average molecular weight is 384 g/mol. The second-order valence-corrected chi connectivity index (χ2v) is 6.66. The van der Waals surface area contributed by atoms with E-state index in [1.807, 2.05) is 6.07 Å². The maximum Gasteiger partial charge on any atom is 0.293 e. The van der Waals surface area contributed by atoms with Gasteiger partial charge in [-0.05, 0) is 30.7 Å². The van der Waals surface area contributed by atoms with Crippen molar-refractivity contribution >= 4 is 29.0 Å². The van der Waals surface area contributed by atoms with Crippen molar-refractivity contribution < 1.29 is 9.72 Å². The van der Waals surface area contributed by atoms with Crippen LogP contribution in [0.4, 0.5) is 11.4 Å². The molecule has 2 aromatic heterocycles. The highest BCUT2D eigenvalue weighted by Gasteiger charge is 2.17. The molecule has 0 atom stereocenters. The van der Waals surface area contributed by atoms with Crippen molar-refractivity contribution in [3.63, 3.8) is 0 Å². The van der Waals surface area contributed by atoms with Gasteiger partial charge in [-0.3, -0.25) is 19.9 Å². The van der Waals surface area contributed by atoms with Gasteiger partial charge in [-0.25, -0.2) is 0 Å². The Labute approximate surface area is 159 Å². The molecule has 0 aliphatic rings. The summed E-state index contributed by atoms with van der Waals surface area (Å²) < 4.78 is 1.77. The van der Waals surface area contributed by atoms with Crippen molar-refractivity contribution in [3.05, 3.63) is 58.4 Å². The predicted octanol–water partition coefficient (Wildman–Crippen LogP) is 2.82. The number of rotatable bonds is 6. The summed E-state index contributed by atoms with van der Waals surface area (Å²) in [5.74, 6) is 0.322. The highest BCUT2D eigenvalue weighted by molar-refractivity contribution is 7.99. The molecule has 1 amide bonds. The van der Waals surface area contributed by atoms with E-state index in [0.29, 0.717) is 11.0 Å². The predicted molar refractivity (Wildman–Crippen MR) is 101 cm³/mol. The van der Waals surface area contributed by atoms with Crippen LogP contribution in [0.15, 0.2) is 47.9 Å². The number of aromatic nitrogens is 4. The number of nitrogens with zero attached hydrogens (tertiary/aromatic N) is 5. The molecule has 0 saturated heterocycles. The monoisotopic (exact) mass is 384 g/mol. The highest BCUT2D eigenvalue weighted by atomic mass is 32.2. The van der Waals surface area contributed by atoms with Crippen LogP contribution in [0.25, 0.3) is 11.4 Å². The van der Waals surface area contributed by atoms with Crippen molar-refractivity contribution in [1.82, 2.24) is 19.7 Å². The van der Waals surface area contributed by atoms with Crippen LogP contribution >= 0.6 is 11.8 Å². The lowest BCUT2D eigenvalue weighted by Gasteiger charge is -2.07. The van der Waals surface area contributed by atoms with Crippen molar-refractivity contribution in [3.8, 4) is 11.4 Å². The van der Waals surface area contributed by atoms with E-state index < -0.39 is 4.92 Å². The van der Waals surface area contributed by atoms with Crippen LogP contribution in [0, 0.1) is 17.0 Å². The molecular formula is C17H16N6O3S. The lowest BCUT2D eigenvalue weighted by Crippen LogP contribution is -2.15. The molecule has 0 aliphatic heterocycles. The first-order valence-corrected chi connectivity index (χ1v) is 8.91. The third-order valence-corrected chi connectivity index (χ3v) is 4.73. The Kier molecular flexibility index (Phi) is 5.46. The fraction of sp³-hybridized carbons (Fsp3) is 0.176. The molecule has 0 bridgehead atoms. The average Bonchev–Trinajstić information content (AvgIpc) is 3.02. The molecule has 0 radical (unpaired) electrons. The van der Waals surface area contributed by atoms with Crippen LogP contribution in [-0.2, 0) is 11.8 Å². The van der Waals surface area contributed by atoms with E-state index >= 15 is 0 Å². The molecule has 3 aromatic rings. The molecule has 1 aromatic carbocycles. The zero-order valence-corrected chi connectivity index (χ0v) is 15.4. The molecule has 9 nitrogen and oxygen atoms in total.